The van der Waals surface area contributed by atoms with Crippen molar-refractivity contribution < 1.29 is 0 Å². The van der Waals surface area contributed by atoms with Crippen molar-refractivity contribution in [2.75, 3.05) is 0 Å². The molecule has 0 aliphatic rings. The molecule has 1 aromatic rings. The van der Waals surface area contributed by atoms with Gasteiger partial charge in [0.05, 0.1) is 16.4 Å². The van der Waals surface area contributed by atoms with E-state index in [9.17, 15) is 0 Å². The van der Waals surface area contributed by atoms with Gasteiger partial charge in [0.2, 0.25) is 0 Å². The van der Waals surface area contributed by atoms with Crippen LogP contribution in [0, 0.1) is 12.8 Å². The second-order valence-electron chi connectivity index (χ2n) is 4.39. The van der Waals surface area contributed by atoms with E-state index in [0.717, 1.165) is 35.8 Å². The molecule has 1 heterocycles. The van der Waals surface area contributed by atoms with Crippen molar-refractivity contribution in [1.29, 1.82) is 0 Å². The van der Waals surface area contributed by atoms with E-state index >= 15 is 0 Å². The van der Waals surface area contributed by atoms with Gasteiger partial charge in [-0.2, -0.15) is 5.10 Å². The van der Waals surface area contributed by atoms with Gasteiger partial charge in [-0.3, -0.25) is 4.68 Å². The Morgan fingerprint density at radius 1 is 1.44 bits per heavy atom. The molecule has 0 bridgehead atoms. The van der Waals surface area contributed by atoms with Crippen LogP contribution in [-0.4, -0.2) is 15.8 Å². The number of aromatic nitrogens is 2. The van der Waals surface area contributed by atoms with E-state index in [2.05, 4.69) is 25.9 Å². The lowest BCUT2D eigenvalue weighted by Crippen LogP contribution is -2.28. The summed E-state index contributed by atoms with van der Waals surface area (Å²) in [5.41, 5.74) is 8.02. The Hall–Kier alpha value is -0.540. The van der Waals surface area contributed by atoms with Gasteiger partial charge in [-0.15, -0.1) is 0 Å². The summed E-state index contributed by atoms with van der Waals surface area (Å²) in [6.07, 6.45) is 1.99. The summed E-state index contributed by atoms with van der Waals surface area (Å²) in [5, 5.41) is 5.23. The van der Waals surface area contributed by atoms with Crippen molar-refractivity contribution in [2.45, 2.75) is 53.1 Å². The maximum absolute atomic E-state index is 6.27. The van der Waals surface area contributed by atoms with Gasteiger partial charge >= 0.3 is 0 Å². The molecule has 0 amide bonds. The largest absolute Gasteiger partial charge is 0.328 e. The van der Waals surface area contributed by atoms with Gasteiger partial charge in [0, 0.05) is 12.6 Å². The quantitative estimate of drug-likeness (QED) is 0.864. The zero-order chi connectivity index (χ0) is 12.3. The van der Waals surface area contributed by atoms with Crippen LogP contribution in [0.25, 0.3) is 0 Å². The second-order valence-corrected chi connectivity index (χ2v) is 4.77. The molecule has 0 saturated heterocycles. The summed E-state index contributed by atoms with van der Waals surface area (Å²) in [6.45, 7) is 9.12. The zero-order valence-corrected chi connectivity index (χ0v) is 11.4. The van der Waals surface area contributed by atoms with Crippen LogP contribution in [0.1, 0.15) is 38.6 Å². The van der Waals surface area contributed by atoms with Crippen molar-refractivity contribution in [3.05, 3.63) is 16.4 Å². The van der Waals surface area contributed by atoms with Crippen LogP contribution < -0.4 is 5.73 Å². The van der Waals surface area contributed by atoms with E-state index in [1.807, 2.05) is 11.6 Å². The number of rotatable bonds is 5. The summed E-state index contributed by atoms with van der Waals surface area (Å²) < 4.78 is 1.99. The highest BCUT2D eigenvalue weighted by atomic mass is 35.5. The Bertz CT molecular complexity index is 344. The molecule has 0 spiro atoms. The highest BCUT2D eigenvalue weighted by Gasteiger charge is 2.19. The molecule has 0 saturated carbocycles. The Morgan fingerprint density at radius 2 is 2.06 bits per heavy atom. The van der Waals surface area contributed by atoms with Crippen molar-refractivity contribution >= 4 is 11.6 Å². The van der Waals surface area contributed by atoms with Crippen LogP contribution in [0.15, 0.2) is 0 Å². The van der Waals surface area contributed by atoms with Crippen LogP contribution in [0.4, 0.5) is 0 Å². The molecule has 0 aliphatic heterocycles. The number of hydrogen-bond acceptors (Lipinski definition) is 2. The first-order valence-electron chi connectivity index (χ1n) is 5.98. The van der Waals surface area contributed by atoms with E-state index in [0.29, 0.717) is 5.92 Å². The highest BCUT2D eigenvalue weighted by Crippen LogP contribution is 2.25. The molecule has 0 aromatic carbocycles. The average molecular weight is 244 g/mol. The molecule has 2 atom stereocenters. The normalized spacial score (nSPS) is 15.1. The minimum Gasteiger partial charge on any atom is -0.328 e. The Kier molecular flexibility index (Phi) is 4.81. The topological polar surface area (TPSA) is 43.8 Å². The number of hydrogen-bond donors (Lipinski definition) is 1. The fourth-order valence-electron chi connectivity index (χ4n) is 2.01. The van der Waals surface area contributed by atoms with Gasteiger partial charge in [-0.1, -0.05) is 24.9 Å². The number of aryl methyl sites for hydroxylation is 2. The van der Waals surface area contributed by atoms with Crippen LogP contribution >= 0.6 is 11.6 Å². The summed E-state index contributed by atoms with van der Waals surface area (Å²) in [4.78, 5) is 0. The lowest BCUT2D eigenvalue weighted by molar-refractivity contribution is 0.413. The SMILES string of the molecule is CCC(Cc1c(Cl)c(C)nn1CC)C(C)N. The molecule has 2 unspecified atom stereocenters. The van der Waals surface area contributed by atoms with Gasteiger partial charge in [-0.05, 0) is 33.1 Å². The maximum Gasteiger partial charge on any atom is 0.0847 e. The van der Waals surface area contributed by atoms with Crippen molar-refractivity contribution in [2.24, 2.45) is 11.7 Å². The lowest BCUT2D eigenvalue weighted by Gasteiger charge is -2.19. The minimum atomic E-state index is 0.196. The van der Waals surface area contributed by atoms with E-state index in [4.69, 9.17) is 17.3 Å². The summed E-state index contributed by atoms with van der Waals surface area (Å²) in [7, 11) is 0. The molecular formula is C12H22ClN3. The average Bonchev–Trinajstić information content (AvgIpc) is 2.51. The molecule has 3 nitrogen and oxygen atoms in total. The number of nitrogens with zero attached hydrogens (tertiary/aromatic N) is 2. The maximum atomic E-state index is 6.27. The molecule has 16 heavy (non-hydrogen) atoms. The Labute approximate surface area is 103 Å². The Morgan fingerprint density at radius 3 is 2.50 bits per heavy atom. The summed E-state index contributed by atoms with van der Waals surface area (Å²) >= 11 is 6.27. The van der Waals surface area contributed by atoms with Gasteiger partial charge in [0.15, 0.2) is 0 Å². The van der Waals surface area contributed by atoms with Crippen LogP contribution in [0.3, 0.4) is 0 Å². The summed E-state index contributed by atoms with van der Waals surface area (Å²) in [5.74, 6) is 0.471. The van der Waals surface area contributed by atoms with Crippen LogP contribution in [0.2, 0.25) is 5.02 Å². The summed E-state index contributed by atoms with van der Waals surface area (Å²) in [6, 6.07) is 0.196. The third kappa shape index (κ3) is 2.77. The number of halogens is 1. The molecule has 2 N–H and O–H groups in total. The first-order chi connectivity index (χ1) is 7.51. The van der Waals surface area contributed by atoms with Gasteiger partial charge in [0.25, 0.3) is 0 Å². The first-order valence-corrected chi connectivity index (χ1v) is 6.36. The monoisotopic (exact) mass is 243 g/mol. The van der Waals surface area contributed by atoms with Gasteiger partial charge in [0.1, 0.15) is 0 Å². The van der Waals surface area contributed by atoms with E-state index in [1.54, 1.807) is 0 Å². The molecule has 1 aromatic heterocycles. The highest BCUT2D eigenvalue weighted by molar-refractivity contribution is 6.31. The van der Waals surface area contributed by atoms with E-state index < -0.39 is 0 Å². The van der Waals surface area contributed by atoms with Crippen LogP contribution in [0.5, 0.6) is 0 Å². The predicted molar refractivity (Wildman–Crippen MR) is 68.8 cm³/mol. The lowest BCUT2D eigenvalue weighted by atomic mass is 9.93. The fourth-order valence-corrected chi connectivity index (χ4v) is 2.23. The van der Waals surface area contributed by atoms with Crippen molar-refractivity contribution in [1.82, 2.24) is 9.78 Å². The van der Waals surface area contributed by atoms with E-state index in [1.165, 1.54) is 0 Å². The zero-order valence-electron chi connectivity index (χ0n) is 10.6. The molecule has 4 heteroatoms. The molecule has 0 radical (unpaired) electrons. The van der Waals surface area contributed by atoms with Gasteiger partial charge < -0.3 is 5.73 Å². The fraction of sp³-hybridized carbons (Fsp3) is 0.750. The molecule has 0 fully saturated rings. The van der Waals surface area contributed by atoms with Crippen molar-refractivity contribution in [3.63, 3.8) is 0 Å². The van der Waals surface area contributed by atoms with Crippen LogP contribution in [-0.2, 0) is 13.0 Å². The smallest absolute Gasteiger partial charge is 0.0847 e. The molecule has 1 rings (SSSR count). The Balaban J connectivity index is 2.94. The van der Waals surface area contributed by atoms with E-state index in [-0.39, 0.29) is 6.04 Å². The third-order valence-corrected chi connectivity index (χ3v) is 3.67. The third-order valence-electron chi connectivity index (χ3n) is 3.18. The van der Waals surface area contributed by atoms with Gasteiger partial charge in [-0.25, -0.2) is 0 Å². The molecule has 0 aliphatic carbocycles. The molecular weight excluding hydrogens is 222 g/mol. The predicted octanol–water partition coefficient (Wildman–Crippen LogP) is 2.78. The molecule has 92 valence electrons. The number of nitrogens with two attached hydrogens (primary N) is 1. The second kappa shape index (κ2) is 5.69. The first kappa shape index (κ1) is 13.5. The minimum absolute atomic E-state index is 0.196. The van der Waals surface area contributed by atoms with Crippen molar-refractivity contribution in [3.8, 4) is 0 Å². The standard InChI is InChI=1S/C12H22ClN3/c1-5-10(8(3)14)7-11-12(13)9(4)15-16(11)6-2/h8,10H,5-7,14H2,1-4H3.